The molecule has 0 aliphatic heterocycles. The molecule has 1 heterocycles. The first kappa shape index (κ1) is 21.8. The summed E-state index contributed by atoms with van der Waals surface area (Å²) < 4.78 is 33.5. The fourth-order valence-corrected chi connectivity index (χ4v) is 4.29. The van der Waals surface area contributed by atoms with Crippen LogP contribution in [-0.4, -0.2) is 43.5 Å². The molecule has 0 spiro atoms. The van der Waals surface area contributed by atoms with Crippen molar-refractivity contribution >= 4 is 50.0 Å². The highest BCUT2D eigenvalue weighted by atomic mass is 35.5. The second-order valence-corrected chi connectivity index (χ2v) is 8.26. The number of nitrogen functional groups attached to an aromatic ring is 1. The Hall–Kier alpha value is -2.95. The Balaban J connectivity index is 1.86. The summed E-state index contributed by atoms with van der Waals surface area (Å²) in [5.41, 5.74) is 5.77. The number of halogens is 1. The molecular weight excluding hydrogens is 430 g/mol. The number of carbonyl (C=O) groups is 1. The molecule has 0 bridgehead atoms. The van der Waals surface area contributed by atoms with Gasteiger partial charge in [-0.25, -0.2) is 13.4 Å². The first-order valence-electron chi connectivity index (χ1n) is 9.00. The number of nitrogens with zero attached hydrogens (tertiary/aromatic N) is 2. The van der Waals surface area contributed by atoms with Gasteiger partial charge < -0.3 is 15.8 Å². The van der Waals surface area contributed by atoms with Gasteiger partial charge in [0.15, 0.2) is 5.15 Å². The van der Waals surface area contributed by atoms with Crippen LogP contribution in [0.4, 0.5) is 11.6 Å². The first-order valence-corrected chi connectivity index (χ1v) is 10.9. The number of rotatable bonds is 8. The molecule has 0 saturated heterocycles. The standard InChI is InChI=1S/C19H20ClN5O4S/c1-2-29-18(26)15(11-23-19-22-10-14(21)17(20)24-19)25-30(27,28)16-9-5-7-12-6-3-4-8-13(12)16/h3-10,15,25H,2,11,21H2,1H3,(H,22,23,24)/t15-/m0/s1. The lowest BCUT2D eigenvalue weighted by Gasteiger charge is -2.18. The van der Waals surface area contributed by atoms with E-state index in [1.807, 2.05) is 6.07 Å². The monoisotopic (exact) mass is 449 g/mol. The summed E-state index contributed by atoms with van der Waals surface area (Å²) in [5.74, 6) is -0.650. The Morgan fingerprint density at radius 3 is 2.70 bits per heavy atom. The van der Waals surface area contributed by atoms with Gasteiger partial charge in [-0.15, -0.1) is 0 Å². The highest BCUT2D eigenvalue weighted by Gasteiger charge is 2.28. The summed E-state index contributed by atoms with van der Waals surface area (Å²) in [6.07, 6.45) is 1.30. The lowest BCUT2D eigenvalue weighted by Crippen LogP contribution is -2.46. The van der Waals surface area contributed by atoms with Gasteiger partial charge in [-0.3, -0.25) is 4.79 Å². The zero-order chi connectivity index (χ0) is 21.7. The Morgan fingerprint density at radius 1 is 1.23 bits per heavy atom. The number of ether oxygens (including phenoxy) is 1. The Labute approximate surface area is 178 Å². The maximum atomic E-state index is 13.1. The molecule has 0 saturated carbocycles. The summed E-state index contributed by atoms with van der Waals surface area (Å²) >= 11 is 5.86. The predicted molar refractivity (Wildman–Crippen MR) is 115 cm³/mol. The smallest absolute Gasteiger partial charge is 0.326 e. The van der Waals surface area contributed by atoms with Gasteiger partial charge in [-0.2, -0.15) is 9.71 Å². The van der Waals surface area contributed by atoms with Crippen LogP contribution >= 0.6 is 11.6 Å². The highest BCUT2D eigenvalue weighted by molar-refractivity contribution is 7.89. The van der Waals surface area contributed by atoms with Crippen molar-refractivity contribution in [3.8, 4) is 0 Å². The average Bonchev–Trinajstić information content (AvgIpc) is 2.73. The van der Waals surface area contributed by atoms with Crippen LogP contribution in [0.2, 0.25) is 5.15 Å². The van der Waals surface area contributed by atoms with Crippen molar-refractivity contribution in [3.05, 3.63) is 53.8 Å². The van der Waals surface area contributed by atoms with Crippen molar-refractivity contribution in [1.29, 1.82) is 0 Å². The molecule has 3 rings (SSSR count). The molecule has 3 aromatic rings. The van der Waals surface area contributed by atoms with E-state index < -0.39 is 22.0 Å². The molecule has 0 radical (unpaired) electrons. The van der Waals surface area contributed by atoms with E-state index in [1.165, 1.54) is 12.3 Å². The number of anilines is 2. The van der Waals surface area contributed by atoms with Gasteiger partial charge in [-0.05, 0) is 18.4 Å². The predicted octanol–water partition coefficient (Wildman–Crippen LogP) is 2.19. The average molecular weight is 450 g/mol. The summed E-state index contributed by atoms with van der Waals surface area (Å²) in [7, 11) is -4.05. The van der Waals surface area contributed by atoms with Crippen LogP contribution in [0.3, 0.4) is 0 Å². The number of aromatic nitrogens is 2. The number of hydrogen-bond acceptors (Lipinski definition) is 8. The van der Waals surface area contributed by atoms with Gasteiger partial charge in [0.1, 0.15) is 6.04 Å². The van der Waals surface area contributed by atoms with Crippen molar-refractivity contribution in [3.63, 3.8) is 0 Å². The number of sulfonamides is 1. The minimum absolute atomic E-state index is 0.0384. The molecule has 1 atom stereocenters. The van der Waals surface area contributed by atoms with Crippen LogP contribution in [0.1, 0.15) is 6.92 Å². The number of fused-ring (bicyclic) bond motifs is 1. The lowest BCUT2D eigenvalue weighted by atomic mass is 10.1. The van der Waals surface area contributed by atoms with E-state index in [9.17, 15) is 13.2 Å². The van der Waals surface area contributed by atoms with Gasteiger partial charge in [0, 0.05) is 11.9 Å². The molecule has 0 amide bonds. The lowest BCUT2D eigenvalue weighted by molar-refractivity contribution is -0.144. The maximum Gasteiger partial charge on any atom is 0.326 e. The molecular formula is C19H20ClN5O4S. The summed E-state index contributed by atoms with van der Waals surface area (Å²) in [6.45, 7) is 1.56. The van der Waals surface area contributed by atoms with E-state index in [0.29, 0.717) is 5.39 Å². The molecule has 0 aliphatic rings. The number of nitrogens with one attached hydrogen (secondary N) is 2. The van der Waals surface area contributed by atoms with Crippen LogP contribution in [0.5, 0.6) is 0 Å². The minimum atomic E-state index is -4.05. The second-order valence-electron chi connectivity index (χ2n) is 6.22. The van der Waals surface area contributed by atoms with Gasteiger partial charge >= 0.3 is 5.97 Å². The zero-order valence-electron chi connectivity index (χ0n) is 16.0. The van der Waals surface area contributed by atoms with Crippen molar-refractivity contribution in [2.75, 3.05) is 24.2 Å². The van der Waals surface area contributed by atoms with Crippen LogP contribution in [-0.2, 0) is 19.6 Å². The van der Waals surface area contributed by atoms with Crippen molar-refractivity contribution in [1.82, 2.24) is 14.7 Å². The van der Waals surface area contributed by atoms with E-state index in [0.717, 1.165) is 5.39 Å². The van der Waals surface area contributed by atoms with E-state index in [-0.39, 0.29) is 34.8 Å². The summed E-state index contributed by atoms with van der Waals surface area (Å²) in [4.78, 5) is 20.3. The zero-order valence-corrected chi connectivity index (χ0v) is 17.6. The van der Waals surface area contributed by atoms with E-state index in [4.69, 9.17) is 22.1 Å². The van der Waals surface area contributed by atoms with Gasteiger partial charge in [0.05, 0.1) is 23.4 Å². The van der Waals surface area contributed by atoms with Gasteiger partial charge in [0.25, 0.3) is 0 Å². The first-order chi connectivity index (χ1) is 14.3. The SMILES string of the molecule is CCOC(=O)[C@H](CNc1ncc(N)c(Cl)n1)NS(=O)(=O)c1cccc2ccccc12. The van der Waals surface area contributed by atoms with Gasteiger partial charge in [0.2, 0.25) is 16.0 Å². The quantitative estimate of drug-likeness (QED) is 0.351. The topological polar surface area (TPSA) is 136 Å². The Morgan fingerprint density at radius 2 is 1.97 bits per heavy atom. The maximum absolute atomic E-state index is 13.1. The third-order valence-electron chi connectivity index (χ3n) is 4.14. The molecule has 4 N–H and O–H groups in total. The number of hydrogen-bond donors (Lipinski definition) is 3. The largest absolute Gasteiger partial charge is 0.465 e. The molecule has 1 aromatic heterocycles. The molecule has 0 fully saturated rings. The minimum Gasteiger partial charge on any atom is -0.465 e. The molecule has 158 valence electrons. The Bertz CT molecular complexity index is 1170. The van der Waals surface area contributed by atoms with E-state index in [2.05, 4.69) is 20.0 Å². The van der Waals surface area contributed by atoms with Crippen LogP contribution in [0, 0.1) is 0 Å². The highest BCUT2D eigenvalue weighted by Crippen LogP contribution is 2.23. The fourth-order valence-electron chi connectivity index (χ4n) is 2.75. The van der Waals surface area contributed by atoms with E-state index >= 15 is 0 Å². The third kappa shape index (κ3) is 4.96. The number of nitrogens with two attached hydrogens (primary N) is 1. The number of esters is 1. The molecule has 9 nitrogen and oxygen atoms in total. The van der Waals surface area contributed by atoms with E-state index in [1.54, 1.807) is 37.3 Å². The molecule has 30 heavy (non-hydrogen) atoms. The Kier molecular flexibility index (Phi) is 6.70. The molecule has 2 aromatic carbocycles. The number of carbonyl (C=O) groups excluding carboxylic acids is 1. The van der Waals surface area contributed by atoms with Crippen molar-refractivity contribution < 1.29 is 17.9 Å². The van der Waals surface area contributed by atoms with Crippen LogP contribution in [0.15, 0.2) is 53.6 Å². The van der Waals surface area contributed by atoms with Crippen LogP contribution < -0.4 is 15.8 Å². The fraction of sp³-hybridized carbons (Fsp3) is 0.211. The van der Waals surface area contributed by atoms with Gasteiger partial charge in [-0.1, -0.05) is 48.0 Å². The second kappa shape index (κ2) is 9.24. The number of benzene rings is 2. The molecule has 11 heteroatoms. The third-order valence-corrected chi connectivity index (χ3v) is 5.97. The summed E-state index contributed by atoms with van der Waals surface area (Å²) in [6, 6.07) is 10.8. The molecule has 0 unspecified atom stereocenters. The summed E-state index contributed by atoms with van der Waals surface area (Å²) in [5, 5.41) is 4.11. The molecule has 0 aliphatic carbocycles. The van der Waals surface area contributed by atoms with Crippen molar-refractivity contribution in [2.24, 2.45) is 0 Å². The van der Waals surface area contributed by atoms with Crippen molar-refractivity contribution in [2.45, 2.75) is 17.9 Å². The normalized spacial score (nSPS) is 12.5. The van der Waals surface area contributed by atoms with Crippen LogP contribution in [0.25, 0.3) is 10.8 Å².